The van der Waals surface area contributed by atoms with Crippen molar-refractivity contribution in [2.24, 2.45) is 0 Å². The van der Waals surface area contributed by atoms with Crippen molar-refractivity contribution >= 4 is 0 Å². The SMILES string of the molecule is CC.CCCC.CCCC.CCCCC.CCCCCC. The summed E-state index contributed by atoms with van der Waals surface area (Å²) in [6.07, 6.45) is 14.9. The molecule has 0 nitrogen and oxygen atoms in total. The highest BCUT2D eigenvalue weighted by atomic mass is 13.8. The Bertz CT molecular complexity index is 62.1. The highest BCUT2D eigenvalue weighted by molar-refractivity contribution is 4.31. The molecule has 0 rings (SSSR count). The Morgan fingerprint density at radius 2 is 0.476 bits per heavy atom. The third-order valence-electron chi connectivity index (χ3n) is 2.66. The quantitative estimate of drug-likeness (QED) is 0.411. The van der Waals surface area contributed by atoms with E-state index in [2.05, 4.69) is 55.4 Å². The second-order valence-electron chi connectivity index (χ2n) is 5.06. The van der Waals surface area contributed by atoms with Crippen LogP contribution in [0.2, 0.25) is 0 Å². The highest BCUT2D eigenvalue weighted by Crippen LogP contribution is 1.95. The molecule has 21 heavy (non-hydrogen) atoms. The summed E-state index contributed by atoms with van der Waals surface area (Å²) in [5, 5.41) is 0. The molecule has 0 bridgehead atoms. The maximum absolute atomic E-state index is 2.23. The van der Waals surface area contributed by atoms with Crippen molar-refractivity contribution in [2.45, 2.75) is 140 Å². The van der Waals surface area contributed by atoms with Crippen molar-refractivity contribution in [3.63, 3.8) is 0 Å². The Labute approximate surface area is 140 Å². The molecule has 0 radical (unpaired) electrons. The van der Waals surface area contributed by atoms with E-state index in [9.17, 15) is 0 Å². The van der Waals surface area contributed by atoms with Gasteiger partial charge in [-0.3, -0.25) is 0 Å². The van der Waals surface area contributed by atoms with E-state index in [-0.39, 0.29) is 0 Å². The lowest BCUT2D eigenvalue weighted by Gasteiger charge is -1.86. The predicted octanol–water partition coefficient (Wildman–Crippen LogP) is 9.42. The Balaban J connectivity index is -0.0000000527. The van der Waals surface area contributed by atoms with Crippen LogP contribution in [0, 0.1) is 0 Å². The lowest BCUT2D eigenvalue weighted by Crippen LogP contribution is -1.66. The second-order valence-corrected chi connectivity index (χ2v) is 5.06. The largest absolute Gasteiger partial charge is 0.0683 e. The number of unbranched alkanes of at least 4 members (excludes halogenated alkanes) is 7. The molecular formula is C21H52. The van der Waals surface area contributed by atoms with E-state index in [0.717, 1.165) is 0 Å². The van der Waals surface area contributed by atoms with E-state index in [0.29, 0.717) is 0 Å². The molecule has 0 aromatic carbocycles. The van der Waals surface area contributed by atoms with Crippen LogP contribution in [0.1, 0.15) is 140 Å². The van der Waals surface area contributed by atoms with Gasteiger partial charge in [0.15, 0.2) is 0 Å². The fraction of sp³-hybridized carbons (Fsp3) is 1.00. The standard InChI is InChI=1S/C6H14.C5H12.2C4H10.C2H6/c1-3-5-6-4-2;1-3-5-4-2;2*1-3-4-2;1-2/h3-6H2,1-2H3;3-5H2,1-2H3;2*3-4H2,1-2H3;1-2H3. The molecule has 0 spiro atoms. The first kappa shape index (κ1) is 32.8. The monoisotopic (exact) mass is 304 g/mol. The van der Waals surface area contributed by atoms with Gasteiger partial charge in [0.2, 0.25) is 0 Å². The van der Waals surface area contributed by atoms with Crippen LogP contribution in [-0.4, -0.2) is 0 Å². The minimum Gasteiger partial charge on any atom is -0.0683 e. The Morgan fingerprint density at radius 1 is 0.286 bits per heavy atom. The van der Waals surface area contributed by atoms with Gasteiger partial charge in [-0.25, -0.2) is 0 Å². The van der Waals surface area contributed by atoms with Crippen LogP contribution < -0.4 is 0 Å². The van der Waals surface area contributed by atoms with Crippen molar-refractivity contribution in [3.05, 3.63) is 0 Å². The zero-order valence-electron chi connectivity index (χ0n) is 17.8. The average Bonchev–Trinajstić information content (AvgIpc) is 2.56. The minimum atomic E-state index is 1.32. The van der Waals surface area contributed by atoms with Crippen molar-refractivity contribution in [1.29, 1.82) is 0 Å². The molecule has 0 aliphatic rings. The van der Waals surface area contributed by atoms with E-state index >= 15 is 0 Å². The van der Waals surface area contributed by atoms with Crippen LogP contribution >= 0.6 is 0 Å². The summed E-state index contributed by atoms with van der Waals surface area (Å²) in [4.78, 5) is 0. The van der Waals surface area contributed by atoms with Crippen LogP contribution in [0.4, 0.5) is 0 Å². The van der Waals surface area contributed by atoms with E-state index in [1.54, 1.807) is 0 Å². The molecule has 0 aromatic rings. The molecule has 136 valence electrons. The molecule has 0 N–H and O–H groups in total. The van der Waals surface area contributed by atoms with Crippen LogP contribution in [0.25, 0.3) is 0 Å². The van der Waals surface area contributed by atoms with Gasteiger partial charge in [0.1, 0.15) is 0 Å². The Morgan fingerprint density at radius 3 is 0.524 bits per heavy atom. The topological polar surface area (TPSA) is 0 Å². The van der Waals surface area contributed by atoms with Crippen molar-refractivity contribution in [1.82, 2.24) is 0 Å². The van der Waals surface area contributed by atoms with E-state index < -0.39 is 0 Å². The molecule has 0 aromatic heterocycles. The molecule has 0 unspecified atom stereocenters. The summed E-state index contributed by atoms with van der Waals surface area (Å²) < 4.78 is 0. The predicted molar refractivity (Wildman–Crippen MR) is 108 cm³/mol. The van der Waals surface area contributed by atoms with E-state index in [4.69, 9.17) is 0 Å². The third-order valence-corrected chi connectivity index (χ3v) is 2.66. The summed E-state index contributed by atoms with van der Waals surface area (Å²) in [5.41, 5.74) is 0. The molecule has 0 atom stereocenters. The molecule has 0 heteroatoms. The molecule has 0 saturated carbocycles. The smallest absolute Gasteiger partial charge is 0.0536 e. The molecule has 0 heterocycles. The maximum Gasteiger partial charge on any atom is -0.0536 e. The summed E-state index contributed by atoms with van der Waals surface area (Å²) in [7, 11) is 0. The van der Waals surface area contributed by atoms with Crippen LogP contribution in [0.15, 0.2) is 0 Å². The van der Waals surface area contributed by atoms with Gasteiger partial charge in [0, 0.05) is 0 Å². The molecule has 0 fully saturated rings. The molecule has 0 aliphatic heterocycles. The third kappa shape index (κ3) is 132. The number of rotatable bonds is 7. The molecule has 0 amide bonds. The normalized spacial score (nSPS) is 7.71. The first-order chi connectivity index (χ1) is 10.2. The van der Waals surface area contributed by atoms with Crippen molar-refractivity contribution in [2.75, 3.05) is 0 Å². The number of hydrogen-bond acceptors (Lipinski definition) is 0. The summed E-state index contributed by atoms with van der Waals surface area (Å²) in [6, 6.07) is 0. The van der Waals surface area contributed by atoms with Gasteiger partial charge in [-0.15, -0.1) is 0 Å². The second kappa shape index (κ2) is 59.7. The average molecular weight is 305 g/mol. The van der Waals surface area contributed by atoms with Gasteiger partial charge in [-0.2, -0.15) is 0 Å². The van der Waals surface area contributed by atoms with E-state index in [1.807, 2.05) is 13.8 Å². The summed E-state index contributed by atoms with van der Waals surface area (Å²) in [5.74, 6) is 0. The Kier molecular flexibility index (Phi) is 93.2. The zero-order valence-corrected chi connectivity index (χ0v) is 17.8. The van der Waals surface area contributed by atoms with Gasteiger partial charge >= 0.3 is 0 Å². The lowest BCUT2D eigenvalue weighted by molar-refractivity contribution is 0.702. The van der Waals surface area contributed by atoms with Crippen molar-refractivity contribution in [3.8, 4) is 0 Å². The summed E-state index contributed by atoms with van der Waals surface area (Å²) >= 11 is 0. The molecule has 0 saturated heterocycles. The van der Waals surface area contributed by atoms with Crippen molar-refractivity contribution < 1.29 is 0 Å². The lowest BCUT2D eigenvalue weighted by atomic mass is 10.2. The number of hydrogen-bond donors (Lipinski definition) is 0. The van der Waals surface area contributed by atoms with Gasteiger partial charge in [0.25, 0.3) is 0 Å². The first-order valence-electron chi connectivity index (χ1n) is 10.2. The van der Waals surface area contributed by atoms with Gasteiger partial charge in [-0.1, -0.05) is 140 Å². The Hall–Kier alpha value is 0. The minimum absolute atomic E-state index is 1.32. The molecule has 0 aliphatic carbocycles. The van der Waals surface area contributed by atoms with Gasteiger partial charge < -0.3 is 0 Å². The van der Waals surface area contributed by atoms with E-state index in [1.165, 1.54) is 70.6 Å². The van der Waals surface area contributed by atoms with Crippen LogP contribution in [0.3, 0.4) is 0 Å². The summed E-state index contributed by atoms with van der Waals surface area (Å²) in [6.45, 7) is 21.6. The van der Waals surface area contributed by atoms with Gasteiger partial charge in [-0.05, 0) is 0 Å². The van der Waals surface area contributed by atoms with Crippen LogP contribution in [-0.2, 0) is 0 Å². The molecular weight excluding hydrogens is 252 g/mol. The highest BCUT2D eigenvalue weighted by Gasteiger charge is 1.75. The fourth-order valence-corrected chi connectivity index (χ4v) is 0.854. The maximum atomic E-state index is 2.23. The van der Waals surface area contributed by atoms with Gasteiger partial charge in [0.05, 0.1) is 0 Å². The fourth-order valence-electron chi connectivity index (χ4n) is 0.854. The first-order valence-corrected chi connectivity index (χ1v) is 10.2. The van der Waals surface area contributed by atoms with Crippen LogP contribution in [0.5, 0.6) is 0 Å². The zero-order chi connectivity index (χ0) is 17.8.